The quantitative estimate of drug-likeness (QED) is 0.817. The summed E-state index contributed by atoms with van der Waals surface area (Å²) in [6, 6.07) is 1.68. The molecule has 2 aliphatic rings. The topological polar surface area (TPSA) is 49.9 Å². The number of rotatable bonds is 2. The molecule has 2 bridgehead atoms. The van der Waals surface area contributed by atoms with E-state index in [1.54, 1.807) is 10.4 Å². The maximum atomic E-state index is 12.9. The van der Waals surface area contributed by atoms with Crippen LogP contribution in [0, 0.1) is 12.8 Å². The van der Waals surface area contributed by atoms with Crippen LogP contribution in [0.3, 0.4) is 0 Å². The number of fused-ring (bicyclic) bond motifs is 3. The third-order valence-corrected chi connectivity index (χ3v) is 7.32. The van der Waals surface area contributed by atoms with Crippen molar-refractivity contribution in [2.24, 2.45) is 5.92 Å². The Morgan fingerprint density at radius 2 is 2.10 bits per heavy atom. The predicted molar refractivity (Wildman–Crippen MR) is 78.5 cm³/mol. The van der Waals surface area contributed by atoms with Crippen molar-refractivity contribution in [2.75, 3.05) is 39.9 Å². The molecule has 0 amide bonds. The average molecular weight is 316 g/mol. The molecule has 2 atom stereocenters. The second kappa shape index (κ2) is 5.38. The van der Waals surface area contributed by atoms with Gasteiger partial charge in [0.25, 0.3) is 10.0 Å². The largest absolute Gasteiger partial charge is 0.379 e. The van der Waals surface area contributed by atoms with Crippen LogP contribution in [0.25, 0.3) is 0 Å². The van der Waals surface area contributed by atoms with Gasteiger partial charge in [-0.25, -0.2) is 8.42 Å². The van der Waals surface area contributed by atoms with E-state index in [2.05, 4.69) is 11.9 Å². The number of likely N-dealkylation sites (N-methyl/N-ethyl adjacent to an activating group) is 1. The zero-order chi connectivity index (χ0) is 14.3. The van der Waals surface area contributed by atoms with Crippen molar-refractivity contribution in [1.82, 2.24) is 9.21 Å². The molecule has 0 unspecified atom stereocenters. The fourth-order valence-electron chi connectivity index (χ4n) is 2.99. The Balaban J connectivity index is 1.96. The first kappa shape index (κ1) is 14.5. The zero-order valence-electron chi connectivity index (χ0n) is 11.8. The highest BCUT2D eigenvalue weighted by atomic mass is 32.2. The Morgan fingerprint density at radius 1 is 1.30 bits per heavy atom. The van der Waals surface area contributed by atoms with Crippen LogP contribution in [-0.2, 0) is 14.8 Å². The molecule has 2 saturated heterocycles. The summed E-state index contributed by atoms with van der Waals surface area (Å²) in [4.78, 5) is 2.22. The molecule has 20 heavy (non-hydrogen) atoms. The van der Waals surface area contributed by atoms with Crippen molar-refractivity contribution in [3.05, 3.63) is 17.0 Å². The number of thiophene rings is 1. The minimum atomic E-state index is -3.40. The molecule has 1 aromatic heterocycles. The Hall–Kier alpha value is -0.470. The summed E-state index contributed by atoms with van der Waals surface area (Å²) in [7, 11) is -1.34. The maximum Gasteiger partial charge on any atom is 0.252 e. The molecular formula is C13H20N2O3S2. The SMILES string of the molecule is Cc1csc(S(=O)(=O)N2C[C@H]3COC[C@@H]2CN(C)C3)c1. The van der Waals surface area contributed by atoms with Crippen LogP contribution in [-0.4, -0.2) is 63.6 Å². The first-order valence-corrected chi connectivity index (χ1v) is 9.12. The molecule has 0 spiro atoms. The van der Waals surface area contributed by atoms with Gasteiger partial charge in [-0.3, -0.25) is 0 Å². The molecule has 3 heterocycles. The van der Waals surface area contributed by atoms with Crippen molar-refractivity contribution in [2.45, 2.75) is 17.2 Å². The lowest BCUT2D eigenvalue weighted by molar-refractivity contribution is 0.0659. The zero-order valence-corrected chi connectivity index (χ0v) is 13.4. The van der Waals surface area contributed by atoms with Gasteiger partial charge < -0.3 is 9.64 Å². The van der Waals surface area contributed by atoms with Gasteiger partial charge in [-0.1, -0.05) is 0 Å². The standard InChI is InChI=1S/C13H20N2O3S2/c1-10-3-13(19-9-10)20(16,17)15-5-11-4-14(2)6-12(15)8-18-7-11/h3,9,11-12H,4-8H2,1-2H3/t11-,12-/m0/s1. The molecule has 0 saturated carbocycles. The average Bonchev–Trinajstić information content (AvgIpc) is 2.61. The molecule has 0 radical (unpaired) electrons. The number of nitrogens with zero attached hydrogens (tertiary/aromatic N) is 2. The highest BCUT2D eigenvalue weighted by molar-refractivity contribution is 7.91. The molecule has 3 rings (SSSR count). The van der Waals surface area contributed by atoms with E-state index in [9.17, 15) is 8.42 Å². The van der Waals surface area contributed by atoms with Gasteiger partial charge in [0.15, 0.2) is 0 Å². The van der Waals surface area contributed by atoms with Crippen LogP contribution in [0.5, 0.6) is 0 Å². The Labute approximate surface area is 124 Å². The summed E-state index contributed by atoms with van der Waals surface area (Å²) in [5.41, 5.74) is 1.000. The lowest BCUT2D eigenvalue weighted by Gasteiger charge is -2.28. The molecule has 2 aliphatic heterocycles. The van der Waals surface area contributed by atoms with Crippen molar-refractivity contribution in [1.29, 1.82) is 0 Å². The van der Waals surface area contributed by atoms with Crippen LogP contribution >= 0.6 is 11.3 Å². The fraction of sp³-hybridized carbons (Fsp3) is 0.692. The number of hydrogen-bond acceptors (Lipinski definition) is 5. The third kappa shape index (κ3) is 2.65. The fourth-order valence-corrected chi connectivity index (χ4v) is 6.02. The summed E-state index contributed by atoms with van der Waals surface area (Å²) in [6.07, 6.45) is 0. The van der Waals surface area contributed by atoms with Crippen molar-refractivity contribution < 1.29 is 13.2 Å². The van der Waals surface area contributed by atoms with Crippen LogP contribution in [0.4, 0.5) is 0 Å². The van der Waals surface area contributed by atoms with E-state index in [-0.39, 0.29) is 12.0 Å². The summed E-state index contributed by atoms with van der Waals surface area (Å²) in [5.74, 6) is 0.253. The molecule has 112 valence electrons. The Kier molecular flexibility index (Phi) is 3.89. The second-order valence-corrected chi connectivity index (χ2v) is 8.82. The maximum absolute atomic E-state index is 12.9. The number of ether oxygens (including phenoxy) is 1. The Bertz CT molecular complexity index is 584. The van der Waals surface area contributed by atoms with Gasteiger partial charge in [0.05, 0.1) is 19.3 Å². The molecule has 0 aromatic carbocycles. The summed E-state index contributed by atoms with van der Waals surface area (Å²) in [5, 5.41) is 1.89. The third-order valence-electron chi connectivity index (χ3n) is 3.87. The number of sulfonamides is 1. The van der Waals surface area contributed by atoms with E-state index in [0.29, 0.717) is 24.0 Å². The van der Waals surface area contributed by atoms with Crippen LogP contribution in [0.1, 0.15) is 5.56 Å². The molecule has 1 aromatic rings. The highest BCUT2D eigenvalue weighted by Crippen LogP contribution is 2.29. The van der Waals surface area contributed by atoms with E-state index in [1.807, 2.05) is 12.3 Å². The molecule has 5 nitrogen and oxygen atoms in total. The lowest BCUT2D eigenvalue weighted by Crippen LogP contribution is -2.45. The summed E-state index contributed by atoms with van der Waals surface area (Å²) >= 11 is 1.31. The smallest absolute Gasteiger partial charge is 0.252 e. The van der Waals surface area contributed by atoms with E-state index in [4.69, 9.17) is 4.74 Å². The van der Waals surface area contributed by atoms with Crippen molar-refractivity contribution >= 4 is 21.4 Å². The van der Waals surface area contributed by atoms with Gasteiger partial charge >= 0.3 is 0 Å². The van der Waals surface area contributed by atoms with E-state index in [1.165, 1.54) is 11.3 Å². The van der Waals surface area contributed by atoms with Gasteiger partial charge in [-0.05, 0) is 31.0 Å². The Morgan fingerprint density at radius 3 is 2.80 bits per heavy atom. The lowest BCUT2D eigenvalue weighted by atomic mass is 10.1. The molecule has 2 fully saturated rings. The number of hydrogen-bond donors (Lipinski definition) is 0. The van der Waals surface area contributed by atoms with Gasteiger partial charge in [-0.2, -0.15) is 4.31 Å². The van der Waals surface area contributed by atoms with Crippen LogP contribution in [0.2, 0.25) is 0 Å². The monoisotopic (exact) mass is 316 g/mol. The van der Waals surface area contributed by atoms with Crippen molar-refractivity contribution in [3.63, 3.8) is 0 Å². The number of aryl methyl sites for hydroxylation is 1. The second-order valence-electron chi connectivity index (χ2n) is 5.80. The van der Waals surface area contributed by atoms with Gasteiger partial charge in [0.2, 0.25) is 0 Å². The first-order chi connectivity index (χ1) is 9.46. The van der Waals surface area contributed by atoms with Crippen LogP contribution in [0.15, 0.2) is 15.7 Å². The van der Waals surface area contributed by atoms with E-state index >= 15 is 0 Å². The van der Waals surface area contributed by atoms with E-state index in [0.717, 1.165) is 18.7 Å². The van der Waals surface area contributed by atoms with Crippen molar-refractivity contribution in [3.8, 4) is 0 Å². The molecule has 7 heteroatoms. The molecular weight excluding hydrogens is 296 g/mol. The van der Waals surface area contributed by atoms with E-state index < -0.39 is 10.0 Å². The minimum Gasteiger partial charge on any atom is -0.379 e. The summed E-state index contributed by atoms with van der Waals surface area (Å²) < 4.78 is 33.5. The van der Waals surface area contributed by atoms with Crippen LogP contribution < -0.4 is 0 Å². The molecule has 0 N–H and O–H groups in total. The minimum absolute atomic E-state index is 0.0834. The summed E-state index contributed by atoms with van der Waals surface area (Å²) in [6.45, 7) is 5.26. The predicted octanol–water partition coefficient (Wildman–Crippen LogP) is 1.01. The van der Waals surface area contributed by atoms with Gasteiger partial charge in [0, 0.05) is 25.6 Å². The first-order valence-electron chi connectivity index (χ1n) is 6.80. The highest BCUT2D eigenvalue weighted by Gasteiger charge is 2.39. The van der Waals surface area contributed by atoms with Gasteiger partial charge in [0.1, 0.15) is 4.21 Å². The normalized spacial score (nSPS) is 29.3. The molecule has 0 aliphatic carbocycles. The van der Waals surface area contributed by atoms with Gasteiger partial charge in [-0.15, -0.1) is 11.3 Å².